The summed E-state index contributed by atoms with van der Waals surface area (Å²) in [6, 6.07) is 3.31. The van der Waals surface area contributed by atoms with Crippen LogP contribution in [-0.2, 0) is 4.74 Å². The molecule has 7 nitrogen and oxygen atoms in total. The minimum Gasteiger partial charge on any atom is -0.467 e. The molecule has 1 saturated heterocycles. The Morgan fingerprint density at radius 1 is 1.46 bits per heavy atom. The van der Waals surface area contributed by atoms with E-state index in [-0.39, 0.29) is 18.1 Å². The average molecular weight is 360 g/mol. The molecule has 2 N–H and O–H groups in total. The molecule has 1 aliphatic rings. The van der Waals surface area contributed by atoms with Crippen LogP contribution < -0.4 is 5.32 Å². The van der Waals surface area contributed by atoms with Gasteiger partial charge in [-0.25, -0.2) is 4.79 Å². The van der Waals surface area contributed by atoms with Gasteiger partial charge in [-0.2, -0.15) is 5.10 Å². The predicted molar refractivity (Wildman–Crippen MR) is 97.8 cm³/mol. The molecule has 142 valence electrons. The van der Waals surface area contributed by atoms with Crippen molar-refractivity contribution < 1.29 is 13.9 Å². The monoisotopic (exact) mass is 360 g/mol. The third-order valence-electron chi connectivity index (χ3n) is 5.05. The number of aryl methyl sites for hydroxylation is 2. The van der Waals surface area contributed by atoms with Crippen LogP contribution in [0.15, 0.2) is 22.8 Å². The lowest BCUT2D eigenvalue weighted by Gasteiger charge is -2.32. The first-order valence-electron chi connectivity index (χ1n) is 9.22. The summed E-state index contributed by atoms with van der Waals surface area (Å²) in [5.74, 6) is 0.697. The number of nitrogens with one attached hydrogen (secondary N) is 2. The fourth-order valence-electron chi connectivity index (χ4n) is 3.79. The molecule has 3 rings (SSSR count). The Hall–Kier alpha value is -2.28. The van der Waals surface area contributed by atoms with E-state index in [0.717, 1.165) is 49.2 Å². The second-order valence-electron chi connectivity index (χ2n) is 6.88. The third kappa shape index (κ3) is 3.93. The van der Waals surface area contributed by atoms with Crippen molar-refractivity contribution >= 4 is 6.03 Å². The smallest absolute Gasteiger partial charge is 0.318 e. The van der Waals surface area contributed by atoms with E-state index in [2.05, 4.69) is 15.5 Å². The van der Waals surface area contributed by atoms with Gasteiger partial charge in [0.2, 0.25) is 0 Å². The lowest BCUT2D eigenvalue weighted by atomic mass is 9.99. The number of urea groups is 1. The number of nitrogens with zero attached hydrogens (tertiary/aromatic N) is 2. The molecular formula is C19H28N4O3. The van der Waals surface area contributed by atoms with Crippen LogP contribution in [0.25, 0.3) is 0 Å². The summed E-state index contributed by atoms with van der Waals surface area (Å²) >= 11 is 0. The molecule has 2 amide bonds. The Labute approximate surface area is 154 Å². The number of amides is 2. The van der Waals surface area contributed by atoms with Crippen LogP contribution in [0.1, 0.15) is 60.5 Å². The van der Waals surface area contributed by atoms with Gasteiger partial charge in [-0.1, -0.05) is 12.8 Å². The molecule has 2 atom stereocenters. The van der Waals surface area contributed by atoms with E-state index in [9.17, 15) is 4.79 Å². The molecule has 2 unspecified atom stereocenters. The van der Waals surface area contributed by atoms with Crippen LogP contribution in [0.2, 0.25) is 0 Å². The molecule has 7 heteroatoms. The number of aromatic nitrogens is 2. The molecule has 0 aliphatic carbocycles. The maximum atomic E-state index is 13.1. The minimum absolute atomic E-state index is 0.0380. The van der Waals surface area contributed by atoms with Crippen molar-refractivity contribution in [2.75, 3.05) is 20.3 Å². The number of carbonyl (C=O) groups is 1. The van der Waals surface area contributed by atoms with Gasteiger partial charge in [0.1, 0.15) is 11.8 Å². The highest BCUT2D eigenvalue weighted by Crippen LogP contribution is 2.33. The fourth-order valence-corrected chi connectivity index (χ4v) is 3.79. The summed E-state index contributed by atoms with van der Waals surface area (Å²) in [7, 11) is 1.62. The Balaban J connectivity index is 1.82. The SMILES string of the molecule is COCC(NC(=O)N1CCCCCC1c1c(C)n[nH]c1C)c1ccco1. The molecule has 1 fully saturated rings. The average Bonchev–Trinajstić information content (AvgIpc) is 3.19. The molecule has 0 spiro atoms. The Morgan fingerprint density at radius 3 is 2.96 bits per heavy atom. The number of rotatable bonds is 5. The molecule has 2 aromatic rings. The summed E-state index contributed by atoms with van der Waals surface area (Å²) in [6.07, 6.45) is 5.81. The van der Waals surface area contributed by atoms with Crippen LogP contribution in [0.5, 0.6) is 0 Å². The zero-order valence-corrected chi connectivity index (χ0v) is 15.7. The molecule has 3 heterocycles. The van der Waals surface area contributed by atoms with Crippen molar-refractivity contribution in [3.05, 3.63) is 41.1 Å². The van der Waals surface area contributed by atoms with Crippen molar-refractivity contribution in [2.24, 2.45) is 0 Å². The zero-order chi connectivity index (χ0) is 18.5. The van der Waals surface area contributed by atoms with Gasteiger partial charge in [-0.3, -0.25) is 5.10 Å². The Kier molecular flexibility index (Phi) is 5.98. The van der Waals surface area contributed by atoms with Crippen molar-refractivity contribution in [1.29, 1.82) is 0 Å². The number of H-pyrrole nitrogens is 1. The molecule has 0 saturated carbocycles. The normalized spacial score (nSPS) is 19.2. The molecule has 0 bridgehead atoms. The van der Waals surface area contributed by atoms with Crippen molar-refractivity contribution in [1.82, 2.24) is 20.4 Å². The maximum absolute atomic E-state index is 13.1. The summed E-state index contributed by atoms with van der Waals surface area (Å²) in [5.41, 5.74) is 3.14. The summed E-state index contributed by atoms with van der Waals surface area (Å²) in [6.45, 7) is 5.11. The number of carbonyl (C=O) groups excluding carboxylic acids is 1. The van der Waals surface area contributed by atoms with Crippen LogP contribution in [-0.4, -0.2) is 41.4 Å². The van der Waals surface area contributed by atoms with Crippen LogP contribution in [0.4, 0.5) is 4.79 Å². The number of ether oxygens (including phenoxy) is 1. The van der Waals surface area contributed by atoms with Gasteiger partial charge < -0.3 is 19.4 Å². The van der Waals surface area contributed by atoms with E-state index in [1.165, 1.54) is 0 Å². The highest BCUT2D eigenvalue weighted by molar-refractivity contribution is 5.75. The molecule has 2 aromatic heterocycles. The van der Waals surface area contributed by atoms with Crippen molar-refractivity contribution in [3.8, 4) is 0 Å². The Bertz CT molecular complexity index is 691. The topological polar surface area (TPSA) is 83.4 Å². The highest BCUT2D eigenvalue weighted by atomic mass is 16.5. The first-order chi connectivity index (χ1) is 12.6. The Morgan fingerprint density at radius 2 is 2.31 bits per heavy atom. The molecule has 1 aliphatic heterocycles. The largest absolute Gasteiger partial charge is 0.467 e. The van der Waals surface area contributed by atoms with E-state index in [1.54, 1.807) is 13.4 Å². The molecule has 26 heavy (non-hydrogen) atoms. The van der Waals surface area contributed by atoms with E-state index in [4.69, 9.17) is 9.15 Å². The van der Waals surface area contributed by atoms with Gasteiger partial charge in [-0.15, -0.1) is 0 Å². The second kappa shape index (κ2) is 8.40. The minimum atomic E-state index is -0.307. The summed E-state index contributed by atoms with van der Waals surface area (Å²) < 4.78 is 10.7. The quantitative estimate of drug-likeness (QED) is 0.853. The number of hydrogen-bond acceptors (Lipinski definition) is 4. The number of furan rings is 1. The lowest BCUT2D eigenvalue weighted by Crippen LogP contribution is -2.44. The van der Waals surface area contributed by atoms with Gasteiger partial charge in [-0.05, 0) is 38.8 Å². The van der Waals surface area contributed by atoms with Crippen LogP contribution >= 0.6 is 0 Å². The van der Waals surface area contributed by atoms with E-state index >= 15 is 0 Å². The number of hydrogen-bond donors (Lipinski definition) is 2. The standard InChI is InChI=1S/C19H28N4O3/c1-13-18(14(2)22-21-13)16-8-5-4-6-10-23(16)19(24)20-15(12-25-3)17-9-7-11-26-17/h7,9,11,15-16H,4-6,8,10,12H2,1-3H3,(H,20,24)(H,21,22). The first-order valence-corrected chi connectivity index (χ1v) is 9.22. The van der Waals surface area contributed by atoms with Crippen LogP contribution in [0.3, 0.4) is 0 Å². The zero-order valence-electron chi connectivity index (χ0n) is 15.7. The van der Waals surface area contributed by atoms with Gasteiger partial charge in [0, 0.05) is 24.9 Å². The third-order valence-corrected chi connectivity index (χ3v) is 5.05. The van der Waals surface area contributed by atoms with Gasteiger partial charge in [0.15, 0.2) is 0 Å². The van der Waals surface area contributed by atoms with Crippen LogP contribution in [0, 0.1) is 13.8 Å². The summed E-state index contributed by atoms with van der Waals surface area (Å²) in [4.78, 5) is 15.1. The first kappa shape index (κ1) is 18.5. The van der Waals surface area contributed by atoms with Gasteiger partial charge in [0.25, 0.3) is 0 Å². The van der Waals surface area contributed by atoms with E-state index < -0.39 is 0 Å². The molecular weight excluding hydrogens is 332 g/mol. The predicted octanol–water partition coefficient (Wildman–Crippen LogP) is 3.63. The fraction of sp³-hybridized carbons (Fsp3) is 0.579. The number of aromatic amines is 1. The van der Waals surface area contributed by atoms with E-state index in [0.29, 0.717) is 12.4 Å². The number of methoxy groups -OCH3 is 1. The second-order valence-corrected chi connectivity index (χ2v) is 6.88. The summed E-state index contributed by atoms with van der Waals surface area (Å²) in [5, 5.41) is 10.5. The van der Waals surface area contributed by atoms with E-state index in [1.807, 2.05) is 30.9 Å². The van der Waals surface area contributed by atoms with Crippen molar-refractivity contribution in [2.45, 2.75) is 51.6 Å². The van der Waals surface area contributed by atoms with Gasteiger partial charge >= 0.3 is 6.03 Å². The maximum Gasteiger partial charge on any atom is 0.318 e. The highest BCUT2D eigenvalue weighted by Gasteiger charge is 2.31. The molecule has 0 radical (unpaired) electrons. The lowest BCUT2D eigenvalue weighted by molar-refractivity contribution is 0.139. The molecule has 0 aromatic carbocycles. The van der Waals surface area contributed by atoms with Gasteiger partial charge in [0.05, 0.1) is 24.6 Å². The van der Waals surface area contributed by atoms with Crippen molar-refractivity contribution in [3.63, 3.8) is 0 Å². The number of likely N-dealkylation sites (tertiary alicyclic amines) is 1.